The standard InChI is InChI=1S/C11H15NO3/c1-3-14-11-6-4-10(5-7-11)8-15-12-9(2)13/h4-7H,3,8H2,1-2H3,(H,12,13). The normalized spacial score (nSPS) is 9.73. The van der Waals surface area contributed by atoms with Crippen LogP contribution in [-0.4, -0.2) is 12.5 Å². The quantitative estimate of drug-likeness (QED) is 0.750. The topological polar surface area (TPSA) is 47.6 Å². The molecular weight excluding hydrogens is 194 g/mol. The molecule has 15 heavy (non-hydrogen) atoms. The molecule has 1 aromatic rings. The highest BCUT2D eigenvalue weighted by molar-refractivity contribution is 5.71. The summed E-state index contributed by atoms with van der Waals surface area (Å²) < 4.78 is 5.29. The van der Waals surface area contributed by atoms with E-state index in [1.165, 1.54) is 6.92 Å². The zero-order chi connectivity index (χ0) is 11.1. The molecule has 0 heterocycles. The average molecular weight is 209 g/mol. The van der Waals surface area contributed by atoms with Gasteiger partial charge in [0.25, 0.3) is 0 Å². The molecule has 0 unspecified atom stereocenters. The van der Waals surface area contributed by atoms with Crippen LogP contribution in [0.2, 0.25) is 0 Å². The molecule has 0 aliphatic rings. The molecule has 0 aliphatic heterocycles. The fourth-order valence-electron chi connectivity index (χ4n) is 1.07. The van der Waals surface area contributed by atoms with Gasteiger partial charge in [-0.1, -0.05) is 12.1 Å². The summed E-state index contributed by atoms with van der Waals surface area (Å²) >= 11 is 0. The zero-order valence-corrected chi connectivity index (χ0v) is 8.95. The van der Waals surface area contributed by atoms with Gasteiger partial charge in [-0.2, -0.15) is 0 Å². The van der Waals surface area contributed by atoms with E-state index in [0.29, 0.717) is 13.2 Å². The van der Waals surface area contributed by atoms with E-state index in [4.69, 9.17) is 9.57 Å². The summed E-state index contributed by atoms with van der Waals surface area (Å²) in [5, 5.41) is 0. The van der Waals surface area contributed by atoms with Crippen LogP contribution < -0.4 is 10.2 Å². The number of hydrogen-bond acceptors (Lipinski definition) is 3. The van der Waals surface area contributed by atoms with Crippen molar-refractivity contribution >= 4 is 5.91 Å². The Morgan fingerprint density at radius 3 is 2.53 bits per heavy atom. The summed E-state index contributed by atoms with van der Waals surface area (Å²) in [5.41, 5.74) is 3.24. The van der Waals surface area contributed by atoms with Gasteiger partial charge < -0.3 is 4.74 Å². The predicted octanol–water partition coefficient (Wildman–Crippen LogP) is 1.65. The first-order valence-corrected chi connectivity index (χ1v) is 4.82. The van der Waals surface area contributed by atoms with E-state index >= 15 is 0 Å². The minimum atomic E-state index is -0.207. The van der Waals surface area contributed by atoms with Gasteiger partial charge in [0.2, 0.25) is 5.91 Å². The number of hydrogen-bond donors (Lipinski definition) is 1. The molecule has 4 heteroatoms. The molecule has 0 radical (unpaired) electrons. The lowest BCUT2D eigenvalue weighted by Gasteiger charge is -2.05. The van der Waals surface area contributed by atoms with E-state index in [1.807, 2.05) is 31.2 Å². The second-order valence-electron chi connectivity index (χ2n) is 3.02. The number of nitrogens with one attached hydrogen (secondary N) is 1. The summed E-state index contributed by atoms with van der Waals surface area (Å²) in [7, 11) is 0. The highest BCUT2D eigenvalue weighted by atomic mass is 16.6. The Morgan fingerprint density at radius 1 is 1.33 bits per heavy atom. The van der Waals surface area contributed by atoms with E-state index in [2.05, 4.69) is 5.48 Å². The third-order valence-corrected chi connectivity index (χ3v) is 1.69. The maximum absolute atomic E-state index is 10.5. The van der Waals surface area contributed by atoms with Gasteiger partial charge in [-0.25, -0.2) is 5.48 Å². The maximum atomic E-state index is 10.5. The molecule has 1 rings (SSSR count). The molecule has 0 saturated carbocycles. The molecule has 0 fully saturated rings. The molecule has 1 amide bonds. The smallest absolute Gasteiger partial charge is 0.240 e. The number of benzene rings is 1. The van der Waals surface area contributed by atoms with Crippen molar-refractivity contribution in [3.63, 3.8) is 0 Å². The van der Waals surface area contributed by atoms with Crippen molar-refractivity contribution < 1.29 is 14.4 Å². The molecule has 0 saturated heterocycles. The van der Waals surface area contributed by atoms with Crippen LogP contribution in [0.4, 0.5) is 0 Å². The molecule has 1 N–H and O–H groups in total. The Balaban J connectivity index is 2.39. The van der Waals surface area contributed by atoms with Crippen LogP contribution in [0.3, 0.4) is 0 Å². The van der Waals surface area contributed by atoms with Gasteiger partial charge in [0.15, 0.2) is 0 Å². The minimum absolute atomic E-state index is 0.207. The van der Waals surface area contributed by atoms with Crippen molar-refractivity contribution in [1.29, 1.82) is 0 Å². The summed E-state index contributed by atoms with van der Waals surface area (Å²) in [6, 6.07) is 7.53. The van der Waals surface area contributed by atoms with E-state index in [-0.39, 0.29) is 5.91 Å². The lowest BCUT2D eigenvalue weighted by atomic mass is 10.2. The number of carbonyl (C=O) groups is 1. The van der Waals surface area contributed by atoms with Crippen LogP contribution in [0.5, 0.6) is 5.75 Å². The molecule has 4 nitrogen and oxygen atoms in total. The summed E-state index contributed by atoms with van der Waals surface area (Å²) in [6.07, 6.45) is 0. The molecule has 0 bridgehead atoms. The van der Waals surface area contributed by atoms with Crippen LogP contribution in [0.1, 0.15) is 19.4 Å². The first-order valence-electron chi connectivity index (χ1n) is 4.82. The van der Waals surface area contributed by atoms with Crippen LogP contribution in [0, 0.1) is 0 Å². The molecule has 0 aliphatic carbocycles. The predicted molar refractivity (Wildman–Crippen MR) is 56.2 cm³/mol. The summed E-state index contributed by atoms with van der Waals surface area (Å²) in [5.74, 6) is 0.627. The van der Waals surface area contributed by atoms with Crippen molar-refractivity contribution in [2.24, 2.45) is 0 Å². The fraction of sp³-hybridized carbons (Fsp3) is 0.364. The van der Waals surface area contributed by atoms with Gasteiger partial charge in [-0.05, 0) is 24.6 Å². The first-order chi connectivity index (χ1) is 7.22. The second kappa shape index (κ2) is 6.03. The number of hydroxylamine groups is 1. The highest BCUT2D eigenvalue weighted by Gasteiger charge is 1.96. The number of amides is 1. The van der Waals surface area contributed by atoms with Gasteiger partial charge in [-0.3, -0.25) is 9.63 Å². The molecule has 0 spiro atoms. The Bertz CT molecular complexity index is 308. The second-order valence-corrected chi connectivity index (χ2v) is 3.02. The molecule has 1 aromatic carbocycles. The monoisotopic (exact) mass is 209 g/mol. The maximum Gasteiger partial charge on any atom is 0.240 e. The van der Waals surface area contributed by atoms with Crippen molar-refractivity contribution in [3.05, 3.63) is 29.8 Å². The lowest BCUT2D eigenvalue weighted by Crippen LogP contribution is -2.19. The van der Waals surface area contributed by atoms with Gasteiger partial charge in [0.1, 0.15) is 5.75 Å². The van der Waals surface area contributed by atoms with E-state index in [0.717, 1.165) is 11.3 Å². The van der Waals surface area contributed by atoms with Crippen LogP contribution in [0.15, 0.2) is 24.3 Å². The van der Waals surface area contributed by atoms with Crippen LogP contribution in [-0.2, 0) is 16.2 Å². The Labute approximate surface area is 89.1 Å². The van der Waals surface area contributed by atoms with Crippen molar-refractivity contribution in [2.45, 2.75) is 20.5 Å². The average Bonchev–Trinajstić information content (AvgIpc) is 2.20. The van der Waals surface area contributed by atoms with Crippen LogP contribution >= 0.6 is 0 Å². The summed E-state index contributed by atoms with van der Waals surface area (Å²) in [4.78, 5) is 15.5. The summed E-state index contributed by atoms with van der Waals surface area (Å²) in [6.45, 7) is 4.35. The molecule has 0 aromatic heterocycles. The third-order valence-electron chi connectivity index (χ3n) is 1.69. The highest BCUT2D eigenvalue weighted by Crippen LogP contribution is 2.12. The van der Waals surface area contributed by atoms with E-state index < -0.39 is 0 Å². The van der Waals surface area contributed by atoms with Crippen molar-refractivity contribution in [1.82, 2.24) is 5.48 Å². The first kappa shape index (κ1) is 11.5. The third kappa shape index (κ3) is 4.46. The SMILES string of the molecule is CCOc1ccc(CONC(C)=O)cc1. The number of carbonyl (C=O) groups excluding carboxylic acids is 1. The lowest BCUT2D eigenvalue weighted by molar-refractivity contribution is -0.132. The minimum Gasteiger partial charge on any atom is -0.494 e. The zero-order valence-electron chi connectivity index (χ0n) is 8.95. The Kier molecular flexibility index (Phi) is 4.63. The van der Waals surface area contributed by atoms with Gasteiger partial charge in [0.05, 0.1) is 13.2 Å². The Hall–Kier alpha value is -1.55. The number of ether oxygens (including phenoxy) is 1. The van der Waals surface area contributed by atoms with Gasteiger partial charge in [-0.15, -0.1) is 0 Å². The van der Waals surface area contributed by atoms with E-state index in [1.54, 1.807) is 0 Å². The van der Waals surface area contributed by atoms with Crippen molar-refractivity contribution in [3.8, 4) is 5.75 Å². The largest absolute Gasteiger partial charge is 0.494 e. The molecule has 82 valence electrons. The molecular formula is C11H15NO3. The van der Waals surface area contributed by atoms with Crippen LogP contribution in [0.25, 0.3) is 0 Å². The fourth-order valence-corrected chi connectivity index (χ4v) is 1.07. The number of rotatable bonds is 5. The Morgan fingerprint density at radius 2 is 2.00 bits per heavy atom. The van der Waals surface area contributed by atoms with Gasteiger partial charge in [0, 0.05) is 6.92 Å². The van der Waals surface area contributed by atoms with Crippen molar-refractivity contribution in [2.75, 3.05) is 6.61 Å². The van der Waals surface area contributed by atoms with Gasteiger partial charge >= 0.3 is 0 Å². The molecule has 0 atom stereocenters. The van der Waals surface area contributed by atoms with E-state index in [9.17, 15) is 4.79 Å².